The molecule has 0 bridgehead atoms. The molecule has 1 saturated heterocycles. The van der Waals surface area contributed by atoms with E-state index in [0.29, 0.717) is 35.8 Å². The summed E-state index contributed by atoms with van der Waals surface area (Å²) in [6, 6.07) is 6.82. The SMILES string of the molecule is C=CCOc1cccc(O)c1-c1cc(C2CCCN(C(=O)OC(C)(C)C)C2)nc(N)n1. The van der Waals surface area contributed by atoms with Gasteiger partial charge in [0.15, 0.2) is 0 Å². The Morgan fingerprint density at radius 2 is 2.16 bits per heavy atom. The highest BCUT2D eigenvalue weighted by atomic mass is 16.6. The zero-order valence-corrected chi connectivity index (χ0v) is 18.3. The Bertz CT molecular complexity index is 955. The van der Waals surface area contributed by atoms with E-state index in [1.165, 1.54) is 0 Å². The number of benzene rings is 1. The molecule has 3 rings (SSSR count). The van der Waals surface area contributed by atoms with Gasteiger partial charge in [-0.3, -0.25) is 0 Å². The van der Waals surface area contributed by atoms with Gasteiger partial charge in [0.25, 0.3) is 0 Å². The number of carbonyl (C=O) groups excluding carboxylic acids is 1. The summed E-state index contributed by atoms with van der Waals surface area (Å²) >= 11 is 0. The van der Waals surface area contributed by atoms with Crippen LogP contribution in [0.15, 0.2) is 36.9 Å². The Hall–Kier alpha value is -3.29. The van der Waals surface area contributed by atoms with Crippen LogP contribution in [0.2, 0.25) is 0 Å². The molecule has 1 aliphatic heterocycles. The number of nitrogens with zero attached hydrogens (tertiary/aromatic N) is 3. The second kappa shape index (κ2) is 9.24. The van der Waals surface area contributed by atoms with Gasteiger partial charge in [-0.2, -0.15) is 0 Å². The van der Waals surface area contributed by atoms with Crippen molar-refractivity contribution in [1.29, 1.82) is 0 Å². The molecule has 2 heterocycles. The van der Waals surface area contributed by atoms with Gasteiger partial charge in [-0.25, -0.2) is 14.8 Å². The van der Waals surface area contributed by atoms with Crippen LogP contribution in [-0.2, 0) is 4.74 Å². The number of carbonyl (C=O) groups is 1. The number of anilines is 1. The molecule has 1 amide bonds. The molecule has 3 N–H and O–H groups in total. The lowest BCUT2D eigenvalue weighted by Gasteiger charge is -2.34. The summed E-state index contributed by atoms with van der Waals surface area (Å²) < 4.78 is 11.2. The average Bonchev–Trinajstić information content (AvgIpc) is 2.70. The van der Waals surface area contributed by atoms with Crippen molar-refractivity contribution in [3.05, 3.63) is 42.6 Å². The van der Waals surface area contributed by atoms with Crippen molar-refractivity contribution in [2.24, 2.45) is 0 Å². The van der Waals surface area contributed by atoms with E-state index in [9.17, 15) is 9.90 Å². The van der Waals surface area contributed by atoms with Gasteiger partial charge in [0.1, 0.15) is 23.7 Å². The highest BCUT2D eigenvalue weighted by Gasteiger charge is 2.29. The summed E-state index contributed by atoms with van der Waals surface area (Å²) in [5, 5.41) is 10.5. The van der Waals surface area contributed by atoms with Gasteiger partial charge in [-0.15, -0.1) is 0 Å². The first-order valence-corrected chi connectivity index (χ1v) is 10.4. The molecule has 0 radical (unpaired) electrons. The third kappa shape index (κ3) is 5.65. The van der Waals surface area contributed by atoms with E-state index < -0.39 is 5.60 Å². The Kier molecular flexibility index (Phi) is 6.68. The summed E-state index contributed by atoms with van der Waals surface area (Å²) in [5.41, 5.74) is 7.09. The summed E-state index contributed by atoms with van der Waals surface area (Å²) in [7, 11) is 0. The van der Waals surface area contributed by atoms with E-state index in [-0.39, 0.29) is 30.3 Å². The summed E-state index contributed by atoms with van der Waals surface area (Å²) in [5.74, 6) is 0.584. The van der Waals surface area contributed by atoms with Crippen molar-refractivity contribution in [2.75, 3.05) is 25.4 Å². The number of phenols is 1. The van der Waals surface area contributed by atoms with Crippen LogP contribution in [0, 0.1) is 0 Å². The fraction of sp³-hybridized carbons (Fsp3) is 0.435. The first kappa shape index (κ1) is 22.4. The molecule has 1 aromatic carbocycles. The molecule has 166 valence electrons. The maximum atomic E-state index is 12.5. The first-order chi connectivity index (χ1) is 14.7. The Balaban J connectivity index is 1.90. The highest BCUT2D eigenvalue weighted by Crippen LogP contribution is 2.38. The van der Waals surface area contributed by atoms with Gasteiger partial charge in [0, 0.05) is 19.0 Å². The van der Waals surface area contributed by atoms with Crippen molar-refractivity contribution >= 4 is 12.0 Å². The van der Waals surface area contributed by atoms with Gasteiger partial charge in [-0.05, 0) is 51.8 Å². The normalized spacial score (nSPS) is 16.6. The highest BCUT2D eigenvalue weighted by molar-refractivity contribution is 5.74. The fourth-order valence-corrected chi connectivity index (χ4v) is 3.58. The zero-order chi connectivity index (χ0) is 22.6. The van der Waals surface area contributed by atoms with Crippen molar-refractivity contribution in [1.82, 2.24) is 14.9 Å². The van der Waals surface area contributed by atoms with Crippen LogP contribution in [-0.4, -0.2) is 51.4 Å². The fourth-order valence-electron chi connectivity index (χ4n) is 3.58. The molecular weight excluding hydrogens is 396 g/mol. The molecule has 0 saturated carbocycles. The number of amides is 1. The predicted molar refractivity (Wildman–Crippen MR) is 119 cm³/mol. The number of hydrogen-bond donors (Lipinski definition) is 2. The molecule has 1 fully saturated rings. The lowest BCUT2D eigenvalue weighted by Crippen LogP contribution is -2.42. The van der Waals surface area contributed by atoms with Gasteiger partial charge in [0.2, 0.25) is 5.95 Å². The topological polar surface area (TPSA) is 111 Å². The van der Waals surface area contributed by atoms with E-state index in [1.54, 1.807) is 35.2 Å². The van der Waals surface area contributed by atoms with Gasteiger partial charge < -0.3 is 25.2 Å². The number of rotatable bonds is 5. The van der Waals surface area contributed by atoms with E-state index in [2.05, 4.69) is 16.5 Å². The Labute approximate surface area is 182 Å². The number of piperidine rings is 1. The quantitative estimate of drug-likeness (QED) is 0.692. The molecule has 31 heavy (non-hydrogen) atoms. The second-order valence-electron chi connectivity index (χ2n) is 8.55. The molecule has 1 unspecified atom stereocenters. The maximum Gasteiger partial charge on any atom is 0.410 e. The third-order valence-electron chi connectivity index (χ3n) is 4.87. The second-order valence-corrected chi connectivity index (χ2v) is 8.55. The van der Waals surface area contributed by atoms with Gasteiger partial charge in [0.05, 0.1) is 17.0 Å². The Morgan fingerprint density at radius 3 is 2.87 bits per heavy atom. The zero-order valence-electron chi connectivity index (χ0n) is 18.3. The number of aromatic nitrogens is 2. The van der Waals surface area contributed by atoms with E-state index in [1.807, 2.05) is 20.8 Å². The minimum Gasteiger partial charge on any atom is -0.507 e. The van der Waals surface area contributed by atoms with Crippen molar-refractivity contribution < 1.29 is 19.4 Å². The number of hydrogen-bond acceptors (Lipinski definition) is 7. The van der Waals surface area contributed by atoms with Gasteiger partial charge >= 0.3 is 6.09 Å². The van der Waals surface area contributed by atoms with Crippen LogP contribution in [0.25, 0.3) is 11.3 Å². The Morgan fingerprint density at radius 1 is 1.39 bits per heavy atom. The molecular formula is C23H30N4O4. The molecule has 1 aromatic heterocycles. The molecule has 0 spiro atoms. The van der Waals surface area contributed by atoms with Crippen molar-refractivity contribution in [3.8, 4) is 22.8 Å². The number of ether oxygens (including phenoxy) is 2. The molecule has 2 aromatic rings. The number of nitrogens with two attached hydrogens (primary N) is 1. The number of aromatic hydroxyl groups is 1. The number of phenolic OH excluding ortho intramolecular Hbond substituents is 1. The van der Waals surface area contributed by atoms with Crippen LogP contribution in [0.3, 0.4) is 0 Å². The largest absolute Gasteiger partial charge is 0.507 e. The van der Waals surface area contributed by atoms with E-state index in [4.69, 9.17) is 15.2 Å². The average molecular weight is 427 g/mol. The predicted octanol–water partition coefficient (Wildman–Crippen LogP) is 4.11. The number of likely N-dealkylation sites (tertiary alicyclic amines) is 1. The smallest absolute Gasteiger partial charge is 0.410 e. The molecule has 1 aliphatic rings. The van der Waals surface area contributed by atoms with Crippen molar-refractivity contribution in [3.63, 3.8) is 0 Å². The van der Waals surface area contributed by atoms with Crippen LogP contribution in [0.1, 0.15) is 45.2 Å². The van der Waals surface area contributed by atoms with Gasteiger partial charge in [-0.1, -0.05) is 18.7 Å². The van der Waals surface area contributed by atoms with Crippen LogP contribution < -0.4 is 10.5 Å². The summed E-state index contributed by atoms with van der Waals surface area (Å²) in [6.07, 6.45) is 2.98. The summed E-state index contributed by atoms with van der Waals surface area (Å²) in [6.45, 7) is 10.6. The molecule has 8 heteroatoms. The first-order valence-electron chi connectivity index (χ1n) is 10.4. The lowest BCUT2D eigenvalue weighted by atomic mass is 9.93. The third-order valence-corrected chi connectivity index (χ3v) is 4.87. The number of nitrogen functional groups attached to an aromatic ring is 1. The minimum atomic E-state index is -0.552. The standard InChI is InChI=1S/C23H30N4O4/c1-5-12-30-19-10-6-9-18(28)20(19)17-13-16(25-21(24)26-17)15-8-7-11-27(14-15)22(29)31-23(2,3)4/h5-6,9-10,13,15,28H,1,7-8,11-12,14H2,2-4H3,(H2,24,25,26). The monoisotopic (exact) mass is 426 g/mol. The molecule has 1 atom stereocenters. The van der Waals surface area contributed by atoms with E-state index in [0.717, 1.165) is 12.8 Å². The minimum absolute atomic E-state index is 0.0197. The van der Waals surface area contributed by atoms with E-state index >= 15 is 0 Å². The van der Waals surface area contributed by atoms with Crippen LogP contribution >= 0.6 is 0 Å². The van der Waals surface area contributed by atoms with Crippen LogP contribution in [0.5, 0.6) is 11.5 Å². The molecule has 0 aliphatic carbocycles. The molecule has 8 nitrogen and oxygen atoms in total. The maximum absolute atomic E-state index is 12.5. The van der Waals surface area contributed by atoms with Crippen LogP contribution in [0.4, 0.5) is 10.7 Å². The van der Waals surface area contributed by atoms with Crippen molar-refractivity contribution in [2.45, 2.75) is 45.1 Å². The summed E-state index contributed by atoms with van der Waals surface area (Å²) in [4.78, 5) is 23.0. The lowest BCUT2D eigenvalue weighted by molar-refractivity contribution is 0.0197.